The third kappa shape index (κ3) is 1.03. The van der Waals surface area contributed by atoms with Crippen LogP contribution in [0.25, 0.3) is 0 Å². The third-order valence-electron chi connectivity index (χ3n) is 1.35. The highest BCUT2D eigenvalue weighted by Crippen LogP contribution is 2.20. The predicted octanol–water partition coefficient (Wildman–Crippen LogP) is 1.11. The van der Waals surface area contributed by atoms with Crippen LogP contribution in [0.5, 0.6) is 11.8 Å². The molecule has 0 aliphatic heterocycles. The summed E-state index contributed by atoms with van der Waals surface area (Å²) in [6.07, 6.45) is 0. The van der Waals surface area contributed by atoms with E-state index in [0.717, 1.165) is 0 Å². The van der Waals surface area contributed by atoms with E-state index >= 15 is 0 Å². The molecule has 2 N–H and O–H groups in total. The number of hydrogen-bond acceptors (Lipinski definition) is 3. The predicted molar refractivity (Wildman–Crippen MR) is 37.0 cm³/mol. The standard InChI is InChI=1S/C7H9NO2/c1-4-3-5(2)7(10)8-6(4)9/h3H,1-2H3,(H2,8,9,10). The summed E-state index contributed by atoms with van der Waals surface area (Å²) in [4.78, 5) is 3.48. The fourth-order valence-electron chi connectivity index (χ4n) is 0.731. The summed E-state index contributed by atoms with van der Waals surface area (Å²) < 4.78 is 0. The monoisotopic (exact) mass is 139 g/mol. The summed E-state index contributed by atoms with van der Waals surface area (Å²) >= 11 is 0. The molecule has 0 saturated carbocycles. The summed E-state index contributed by atoms with van der Waals surface area (Å²) in [5.41, 5.74) is 1.35. The molecule has 0 aliphatic rings. The highest BCUT2D eigenvalue weighted by Gasteiger charge is 2.01. The summed E-state index contributed by atoms with van der Waals surface area (Å²) in [6.45, 7) is 3.46. The lowest BCUT2D eigenvalue weighted by atomic mass is 10.2. The summed E-state index contributed by atoms with van der Waals surface area (Å²) in [5, 5.41) is 17.9. The Morgan fingerprint density at radius 1 is 1.10 bits per heavy atom. The second-order valence-corrected chi connectivity index (χ2v) is 2.27. The van der Waals surface area contributed by atoms with Crippen LogP contribution >= 0.6 is 0 Å². The molecule has 1 aromatic rings. The number of aromatic hydroxyl groups is 2. The highest BCUT2D eigenvalue weighted by atomic mass is 16.3. The largest absolute Gasteiger partial charge is 0.493 e. The van der Waals surface area contributed by atoms with Crippen LogP contribution in [-0.2, 0) is 0 Å². The topological polar surface area (TPSA) is 53.4 Å². The molecular weight excluding hydrogens is 130 g/mol. The van der Waals surface area contributed by atoms with Gasteiger partial charge in [0.25, 0.3) is 0 Å². The average molecular weight is 139 g/mol. The van der Waals surface area contributed by atoms with Crippen LogP contribution < -0.4 is 0 Å². The maximum absolute atomic E-state index is 8.95. The molecule has 3 nitrogen and oxygen atoms in total. The molecule has 54 valence electrons. The smallest absolute Gasteiger partial charge is 0.217 e. The van der Waals surface area contributed by atoms with Gasteiger partial charge in [-0.2, -0.15) is 4.98 Å². The van der Waals surface area contributed by atoms with E-state index in [4.69, 9.17) is 10.2 Å². The lowest BCUT2D eigenvalue weighted by Crippen LogP contribution is -1.83. The number of aromatic nitrogens is 1. The first-order valence-electron chi connectivity index (χ1n) is 2.97. The lowest BCUT2D eigenvalue weighted by Gasteiger charge is -2.00. The van der Waals surface area contributed by atoms with Gasteiger partial charge in [-0.25, -0.2) is 0 Å². The summed E-state index contributed by atoms with van der Waals surface area (Å²) in [6, 6.07) is 1.68. The van der Waals surface area contributed by atoms with Crippen LogP contribution in [0.2, 0.25) is 0 Å². The molecule has 0 aliphatic carbocycles. The molecule has 1 rings (SSSR count). The van der Waals surface area contributed by atoms with Crippen molar-refractivity contribution in [2.24, 2.45) is 0 Å². The molecule has 0 aromatic carbocycles. The fraction of sp³-hybridized carbons (Fsp3) is 0.286. The third-order valence-corrected chi connectivity index (χ3v) is 1.35. The van der Waals surface area contributed by atoms with Crippen molar-refractivity contribution < 1.29 is 10.2 Å². The minimum absolute atomic E-state index is 0.108. The van der Waals surface area contributed by atoms with E-state index in [9.17, 15) is 0 Å². The van der Waals surface area contributed by atoms with Gasteiger partial charge in [-0.3, -0.25) is 0 Å². The van der Waals surface area contributed by atoms with Gasteiger partial charge >= 0.3 is 0 Å². The van der Waals surface area contributed by atoms with Gasteiger partial charge in [-0.15, -0.1) is 0 Å². The number of hydrogen-bond donors (Lipinski definition) is 2. The van der Waals surface area contributed by atoms with Crippen molar-refractivity contribution in [2.75, 3.05) is 0 Å². The van der Waals surface area contributed by atoms with Crippen molar-refractivity contribution in [3.05, 3.63) is 17.2 Å². The van der Waals surface area contributed by atoms with Gasteiger partial charge in [0.1, 0.15) is 0 Å². The van der Waals surface area contributed by atoms with Crippen molar-refractivity contribution in [3.63, 3.8) is 0 Å². The van der Waals surface area contributed by atoms with Gasteiger partial charge in [0.2, 0.25) is 11.8 Å². The Hall–Kier alpha value is -1.25. The van der Waals surface area contributed by atoms with Crippen LogP contribution in [0.15, 0.2) is 6.07 Å². The average Bonchev–Trinajstić information content (AvgIpc) is 1.84. The lowest BCUT2D eigenvalue weighted by molar-refractivity contribution is 0.407. The maximum atomic E-state index is 8.95. The Bertz CT molecular complexity index is 208. The minimum Gasteiger partial charge on any atom is -0.493 e. The van der Waals surface area contributed by atoms with Gasteiger partial charge in [0, 0.05) is 11.1 Å². The zero-order chi connectivity index (χ0) is 7.72. The molecule has 0 saturated heterocycles. The summed E-state index contributed by atoms with van der Waals surface area (Å²) in [7, 11) is 0. The van der Waals surface area contributed by atoms with Crippen molar-refractivity contribution in [2.45, 2.75) is 13.8 Å². The van der Waals surface area contributed by atoms with Crippen LogP contribution in [0.3, 0.4) is 0 Å². The van der Waals surface area contributed by atoms with Crippen molar-refractivity contribution in [3.8, 4) is 11.8 Å². The van der Waals surface area contributed by atoms with Crippen LogP contribution in [-0.4, -0.2) is 15.2 Å². The van der Waals surface area contributed by atoms with Crippen molar-refractivity contribution in [1.82, 2.24) is 4.98 Å². The Balaban J connectivity index is 3.28. The fourth-order valence-corrected chi connectivity index (χ4v) is 0.731. The molecule has 0 fully saturated rings. The van der Waals surface area contributed by atoms with E-state index in [1.807, 2.05) is 0 Å². The van der Waals surface area contributed by atoms with E-state index in [2.05, 4.69) is 4.98 Å². The van der Waals surface area contributed by atoms with Gasteiger partial charge < -0.3 is 10.2 Å². The Morgan fingerprint density at radius 2 is 1.50 bits per heavy atom. The van der Waals surface area contributed by atoms with E-state index in [0.29, 0.717) is 11.1 Å². The van der Waals surface area contributed by atoms with E-state index in [1.54, 1.807) is 19.9 Å². The molecule has 0 atom stereocenters. The maximum Gasteiger partial charge on any atom is 0.217 e. The zero-order valence-electron chi connectivity index (χ0n) is 5.92. The van der Waals surface area contributed by atoms with Crippen molar-refractivity contribution in [1.29, 1.82) is 0 Å². The molecule has 0 spiro atoms. The highest BCUT2D eigenvalue weighted by molar-refractivity contribution is 5.34. The van der Waals surface area contributed by atoms with Gasteiger partial charge in [0.15, 0.2) is 0 Å². The van der Waals surface area contributed by atoms with E-state index in [1.165, 1.54) is 0 Å². The first-order chi connectivity index (χ1) is 4.61. The Labute approximate surface area is 59.0 Å². The molecule has 0 amide bonds. The quantitative estimate of drug-likeness (QED) is 0.566. The first-order valence-corrected chi connectivity index (χ1v) is 2.97. The summed E-state index contributed by atoms with van der Waals surface area (Å²) in [5.74, 6) is -0.216. The van der Waals surface area contributed by atoms with Crippen LogP contribution in [0, 0.1) is 13.8 Å². The number of aryl methyl sites for hydroxylation is 2. The Kier molecular flexibility index (Phi) is 1.49. The molecule has 0 unspecified atom stereocenters. The SMILES string of the molecule is Cc1cc(C)c(O)nc1O. The Morgan fingerprint density at radius 3 is 1.80 bits per heavy atom. The molecule has 1 aromatic heterocycles. The van der Waals surface area contributed by atoms with Crippen LogP contribution in [0.4, 0.5) is 0 Å². The molecule has 10 heavy (non-hydrogen) atoms. The normalized spacial score (nSPS) is 9.80. The van der Waals surface area contributed by atoms with Gasteiger partial charge in [-0.05, 0) is 19.9 Å². The number of rotatable bonds is 0. The molecule has 3 heteroatoms. The first kappa shape index (κ1) is 6.86. The van der Waals surface area contributed by atoms with Crippen LogP contribution in [0.1, 0.15) is 11.1 Å². The number of nitrogens with zero attached hydrogens (tertiary/aromatic N) is 1. The van der Waals surface area contributed by atoms with E-state index < -0.39 is 0 Å². The van der Waals surface area contributed by atoms with Gasteiger partial charge in [-0.1, -0.05) is 0 Å². The molecule has 1 heterocycles. The molecular formula is C7H9NO2. The van der Waals surface area contributed by atoms with Crippen molar-refractivity contribution >= 4 is 0 Å². The second kappa shape index (κ2) is 2.17. The number of pyridine rings is 1. The molecule has 0 radical (unpaired) electrons. The minimum atomic E-state index is -0.108. The zero-order valence-corrected chi connectivity index (χ0v) is 5.92. The molecule has 0 bridgehead atoms. The van der Waals surface area contributed by atoms with E-state index in [-0.39, 0.29) is 11.8 Å². The second-order valence-electron chi connectivity index (χ2n) is 2.27. The van der Waals surface area contributed by atoms with Gasteiger partial charge in [0.05, 0.1) is 0 Å².